The molecule has 0 aliphatic rings. The Kier molecular flexibility index (Phi) is 4.31. The minimum absolute atomic E-state index is 0.777. The van der Waals surface area contributed by atoms with Crippen LogP contribution in [0.15, 0.2) is 42.5 Å². The summed E-state index contributed by atoms with van der Waals surface area (Å²) in [7, 11) is 1.68. The van der Waals surface area contributed by atoms with Gasteiger partial charge in [0.25, 0.3) is 0 Å². The van der Waals surface area contributed by atoms with Crippen molar-refractivity contribution in [3.8, 4) is 5.75 Å². The molecule has 1 aromatic heterocycles. The smallest absolute Gasteiger partial charge is 0.119 e. The van der Waals surface area contributed by atoms with E-state index in [1.807, 2.05) is 43.3 Å². The van der Waals surface area contributed by atoms with Crippen molar-refractivity contribution >= 4 is 0 Å². The summed E-state index contributed by atoms with van der Waals surface area (Å²) in [6.07, 6.45) is 0. The van der Waals surface area contributed by atoms with Gasteiger partial charge in [-0.05, 0) is 36.8 Å². The Morgan fingerprint density at radius 2 is 1.94 bits per heavy atom. The van der Waals surface area contributed by atoms with Crippen molar-refractivity contribution in [1.29, 1.82) is 0 Å². The van der Waals surface area contributed by atoms with Crippen LogP contribution in [0.25, 0.3) is 0 Å². The van der Waals surface area contributed by atoms with E-state index in [1.165, 1.54) is 5.56 Å². The molecular weight excluding hydrogens is 224 g/mol. The molecule has 3 heteroatoms. The molecule has 1 aromatic carbocycles. The Bertz CT molecular complexity index is 511. The Balaban J connectivity index is 1.88. The van der Waals surface area contributed by atoms with Gasteiger partial charge in [0, 0.05) is 18.8 Å². The lowest BCUT2D eigenvalue weighted by atomic mass is 10.2. The van der Waals surface area contributed by atoms with E-state index in [2.05, 4.69) is 16.4 Å². The third kappa shape index (κ3) is 3.57. The predicted molar refractivity (Wildman–Crippen MR) is 72.5 cm³/mol. The molecule has 2 rings (SSSR count). The van der Waals surface area contributed by atoms with E-state index in [4.69, 9.17) is 4.74 Å². The number of rotatable bonds is 5. The minimum atomic E-state index is 0.777. The molecule has 18 heavy (non-hydrogen) atoms. The van der Waals surface area contributed by atoms with Gasteiger partial charge in [0.2, 0.25) is 0 Å². The molecule has 1 N–H and O–H groups in total. The van der Waals surface area contributed by atoms with Gasteiger partial charge in [-0.25, -0.2) is 0 Å². The number of benzene rings is 1. The Labute approximate surface area is 108 Å². The summed E-state index contributed by atoms with van der Waals surface area (Å²) in [5, 5.41) is 3.38. The van der Waals surface area contributed by atoms with E-state index in [9.17, 15) is 0 Å². The molecule has 0 fully saturated rings. The third-order valence-corrected chi connectivity index (χ3v) is 2.72. The maximum Gasteiger partial charge on any atom is 0.119 e. The maximum absolute atomic E-state index is 5.20. The topological polar surface area (TPSA) is 34.1 Å². The van der Waals surface area contributed by atoms with E-state index >= 15 is 0 Å². The van der Waals surface area contributed by atoms with Gasteiger partial charge in [-0.3, -0.25) is 4.98 Å². The van der Waals surface area contributed by atoms with Crippen molar-refractivity contribution < 1.29 is 4.74 Å². The molecule has 0 atom stereocenters. The number of hydrogen-bond acceptors (Lipinski definition) is 3. The first-order valence-corrected chi connectivity index (χ1v) is 6.04. The molecule has 3 nitrogen and oxygen atoms in total. The molecule has 0 amide bonds. The molecule has 0 unspecified atom stereocenters. The molecule has 0 saturated carbocycles. The molecule has 2 aromatic rings. The number of hydrogen-bond donors (Lipinski definition) is 1. The molecule has 1 heterocycles. The molecule has 0 radical (unpaired) electrons. The van der Waals surface area contributed by atoms with E-state index in [0.717, 1.165) is 30.2 Å². The standard InChI is InChI=1S/C15H18N2O/c1-12-5-3-7-14(17-12)11-16-10-13-6-4-8-15(9-13)18-2/h3-9,16H,10-11H2,1-2H3. The number of nitrogens with one attached hydrogen (secondary N) is 1. The lowest BCUT2D eigenvalue weighted by Crippen LogP contribution is -2.13. The Morgan fingerprint density at radius 3 is 2.72 bits per heavy atom. The summed E-state index contributed by atoms with van der Waals surface area (Å²) < 4.78 is 5.20. The van der Waals surface area contributed by atoms with Gasteiger partial charge < -0.3 is 10.1 Å². The molecular formula is C15H18N2O. The summed E-state index contributed by atoms with van der Waals surface area (Å²) >= 11 is 0. The maximum atomic E-state index is 5.20. The lowest BCUT2D eigenvalue weighted by Gasteiger charge is -2.06. The van der Waals surface area contributed by atoms with Crippen LogP contribution in [0.4, 0.5) is 0 Å². The lowest BCUT2D eigenvalue weighted by molar-refractivity contribution is 0.414. The summed E-state index contributed by atoms with van der Waals surface area (Å²) in [4.78, 5) is 4.45. The van der Waals surface area contributed by atoms with Crippen LogP contribution in [0.5, 0.6) is 5.75 Å². The van der Waals surface area contributed by atoms with Crippen molar-refractivity contribution in [2.75, 3.05) is 7.11 Å². The van der Waals surface area contributed by atoms with Gasteiger partial charge in [-0.1, -0.05) is 18.2 Å². The number of ether oxygens (including phenoxy) is 1. The summed E-state index contributed by atoms with van der Waals surface area (Å²) in [6, 6.07) is 14.1. The van der Waals surface area contributed by atoms with Gasteiger partial charge in [-0.2, -0.15) is 0 Å². The molecule has 0 aliphatic heterocycles. The van der Waals surface area contributed by atoms with Gasteiger partial charge >= 0.3 is 0 Å². The monoisotopic (exact) mass is 242 g/mol. The fourth-order valence-electron chi connectivity index (χ4n) is 1.82. The summed E-state index contributed by atoms with van der Waals surface area (Å²) in [6.45, 7) is 3.59. The van der Waals surface area contributed by atoms with Crippen LogP contribution in [-0.2, 0) is 13.1 Å². The van der Waals surface area contributed by atoms with Gasteiger partial charge in [0.1, 0.15) is 5.75 Å². The zero-order chi connectivity index (χ0) is 12.8. The van der Waals surface area contributed by atoms with Crippen LogP contribution in [0.3, 0.4) is 0 Å². The van der Waals surface area contributed by atoms with E-state index in [-0.39, 0.29) is 0 Å². The van der Waals surface area contributed by atoms with Crippen LogP contribution < -0.4 is 10.1 Å². The zero-order valence-corrected chi connectivity index (χ0v) is 10.8. The zero-order valence-electron chi connectivity index (χ0n) is 10.8. The molecule has 0 aliphatic carbocycles. The average molecular weight is 242 g/mol. The second-order valence-corrected chi connectivity index (χ2v) is 4.23. The molecule has 94 valence electrons. The highest BCUT2D eigenvalue weighted by Gasteiger charge is 1.97. The first-order valence-electron chi connectivity index (χ1n) is 6.04. The predicted octanol–water partition coefficient (Wildman–Crippen LogP) is 2.69. The van der Waals surface area contributed by atoms with Crippen molar-refractivity contribution in [1.82, 2.24) is 10.3 Å². The first-order chi connectivity index (χ1) is 8.78. The second-order valence-electron chi connectivity index (χ2n) is 4.23. The van der Waals surface area contributed by atoms with Crippen LogP contribution >= 0.6 is 0 Å². The fourth-order valence-corrected chi connectivity index (χ4v) is 1.82. The van der Waals surface area contributed by atoms with Crippen molar-refractivity contribution in [3.05, 3.63) is 59.4 Å². The van der Waals surface area contributed by atoms with Crippen molar-refractivity contribution in [2.45, 2.75) is 20.0 Å². The quantitative estimate of drug-likeness (QED) is 0.875. The van der Waals surface area contributed by atoms with Gasteiger partial charge in [-0.15, -0.1) is 0 Å². The van der Waals surface area contributed by atoms with E-state index < -0.39 is 0 Å². The third-order valence-electron chi connectivity index (χ3n) is 2.72. The largest absolute Gasteiger partial charge is 0.497 e. The fraction of sp³-hybridized carbons (Fsp3) is 0.267. The number of pyridine rings is 1. The van der Waals surface area contributed by atoms with Gasteiger partial charge in [0.05, 0.1) is 12.8 Å². The SMILES string of the molecule is COc1cccc(CNCc2cccc(C)n2)c1. The Morgan fingerprint density at radius 1 is 1.11 bits per heavy atom. The van der Waals surface area contributed by atoms with Crippen LogP contribution in [0.1, 0.15) is 17.0 Å². The molecule has 0 saturated heterocycles. The second kappa shape index (κ2) is 6.17. The highest BCUT2D eigenvalue weighted by molar-refractivity contribution is 5.28. The van der Waals surface area contributed by atoms with Crippen LogP contribution in [0.2, 0.25) is 0 Å². The number of aryl methyl sites for hydroxylation is 1. The summed E-state index contributed by atoms with van der Waals surface area (Å²) in [5.74, 6) is 0.892. The number of methoxy groups -OCH3 is 1. The number of nitrogens with zero attached hydrogens (tertiary/aromatic N) is 1. The molecule has 0 bridgehead atoms. The first kappa shape index (κ1) is 12.6. The van der Waals surface area contributed by atoms with Crippen molar-refractivity contribution in [3.63, 3.8) is 0 Å². The van der Waals surface area contributed by atoms with E-state index in [1.54, 1.807) is 7.11 Å². The average Bonchev–Trinajstić information content (AvgIpc) is 2.39. The summed E-state index contributed by atoms with van der Waals surface area (Å²) in [5.41, 5.74) is 3.33. The highest BCUT2D eigenvalue weighted by Crippen LogP contribution is 2.12. The Hall–Kier alpha value is -1.87. The van der Waals surface area contributed by atoms with Gasteiger partial charge in [0.15, 0.2) is 0 Å². The number of aromatic nitrogens is 1. The van der Waals surface area contributed by atoms with E-state index in [0.29, 0.717) is 0 Å². The van der Waals surface area contributed by atoms with Crippen molar-refractivity contribution in [2.24, 2.45) is 0 Å². The highest BCUT2D eigenvalue weighted by atomic mass is 16.5. The van der Waals surface area contributed by atoms with Crippen LogP contribution in [0, 0.1) is 6.92 Å². The molecule has 0 spiro atoms. The van der Waals surface area contributed by atoms with Crippen LogP contribution in [-0.4, -0.2) is 12.1 Å². The minimum Gasteiger partial charge on any atom is -0.497 e. The normalized spacial score (nSPS) is 10.3.